The summed E-state index contributed by atoms with van der Waals surface area (Å²) in [5.41, 5.74) is -1.40. The van der Waals surface area contributed by atoms with Crippen molar-refractivity contribution < 1.29 is 32.9 Å². The van der Waals surface area contributed by atoms with Crippen molar-refractivity contribution in [3.8, 4) is 5.75 Å². The Balaban J connectivity index is 1.43. The van der Waals surface area contributed by atoms with Gasteiger partial charge in [0.25, 0.3) is 5.56 Å². The molecule has 12 nitrogen and oxygen atoms in total. The van der Waals surface area contributed by atoms with E-state index in [1.54, 1.807) is 37.3 Å². The summed E-state index contributed by atoms with van der Waals surface area (Å²) < 4.78 is 29.5. The zero-order valence-corrected chi connectivity index (χ0v) is 22.6. The fourth-order valence-corrected chi connectivity index (χ4v) is 5.34. The number of benzene rings is 2. The SMILES string of the molecule is Cc1cn([C@H]2CO[C@@H](CO[P+](O)(NC(C)(C)C(=O)OCc3ccccc3)Oc3ccccc3)O2)c(=O)[nH]c1=O. The molecule has 208 valence electrons. The number of ether oxygens (including phenoxy) is 3. The van der Waals surface area contributed by atoms with Gasteiger partial charge in [-0.2, -0.15) is 9.42 Å². The number of hydrogen-bond donors (Lipinski definition) is 3. The van der Waals surface area contributed by atoms with Crippen molar-refractivity contribution in [1.82, 2.24) is 14.6 Å². The van der Waals surface area contributed by atoms with E-state index in [1.165, 1.54) is 24.6 Å². The van der Waals surface area contributed by atoms with Gasteiger partial charge in [0.1, 0.15) is 6.61 Å². The summed E-state index contributed by atoms with van der Waals surface area (Å²) in [6.07, 6.45) is -0.415. The van der Waals surface area contributed by atoms with Gasteiger partial charge in [-0.15, -0.1) is 0 Å². The van der Waals surface area contributed by atoms with E-state index < -0.39 is 43.4 Å². The molecule has 0 amide bonds. The fourth-order valence-electron chi connectivity index (χ4n) is 3.65. The molecule has 1 aliphatic rings. The molecule has 1 saturated heterocycles. The lowest BCUT2D eigenvalue weighted by Gasteiger charge is -2.27. The van der Waals surface area contributed by atoms with E-state index in [9.17, 15) is 19.3 Å². The summed E-state index contributed by atoms with van der Waals surface area (Å²) in [5, 5.41) is 2.79. The van der Waals surface area contributed by atoms with Crippen molar-refractivity contribution in [2.24, 2.45) is 0 Å². The first-order valence-electron chi connectivity index (χ1n) is 12.2. The third-order valence-electron chi connectivity index (χ3n) is 5.69. The molecular formula is C26H31N3O9P+. The minimum Gasteiger partial charge on any atom is -0.459 e. The van der Waals surface area contributed by atoms with Crippen LogP contribution in [0, 0.1) is 6.92 Å². The van der Waals surface area contributed by atoms with Gasteiger partial charge >= 0.3 is 19.8 Å². The highest BCUT2D eigenvalue weighted by Crippen LogP contribution is 2.54. The number of H-pyrrole nitrogens is 1. The van der Waals surface area contributed by atoms with E-state index in [-0.39, 0.29) is 19.8 Å². The van der Waals surface area contributed by atoms with E-state index >= 15 is 0 Å². The van der Waals surface area contributed by atoms with Crippen molar-refractivity contribution in [1.29, 1.82) is 0 Å². The van der Waals surface area contributed by atoms with Gasteiger partial charge in [-0.3, -0.25) is 18.9 Å². The number of para-hydroxylation sites is 1. The Morgan fingerprint density at radius 1 is 1.15 bits per heavy atom. The number of nitrogens with one attached hydrogen (secondary N) is 2. The zero-order valence-electron chi connectivity index (χ0n) is 21.7. The number of carbonyl (C=O) groups excluding carboxylic acids is 1. The van der Waals surface area contributed by atoms with Crippen molar-refractivity contribution in [3.05, 3.63) is 98.8 Å². The number of rotatable bonds is 11. The van der Waals surface area contributed by atoms with Gasteiger partial charge in [0, 0.05) is 11.8 Å². The predicted octanol–water partition coefficient (Wildman–Crippen LogP) is 2.59. The van der Waals surface area contributed by atoms with E-state index in [2.05, 4.69) is 10.1 Å². The van der Waals surface area contributed by atoms with Gasteiger partial charge in [-0.25, -0.2) is 9.59 Å². The molecule has 1 unspecified atom stereocenters. The van der Waals surface area contributed by atoms with Crippen LogP contribution in [-0.4, -0.2) is 45.5 Å². The molecule has 39 heavy (non-hydrogen) atoms. The van der Waals surface area contributed by atoms with Crippen LogP contribution in [0.15, 0.2) is 76.4 Å². The van der Waals surface area contributed by atoms with Gasteiger partial charge in [-0.05, 0) is 38.5 Å². The Morgan fingerprint density at radius 2 is 1.82 bits per heavy atom. The summed E-state index contributed by atoms with van der Waals surface area (Å²) in [7, 11) is -3.96. The largest absolute Gasteiger partial charge is 0.545 e. The topological polar surface area (TPSA) is 150 Å². The molecule has 3 atom stereocenters. The van der Waals surface area contributed by atoms with Crippen LogP contribution in [-0.2, 0) is 30.1 Å². The van der Waals surface area contributed by atoms with E-state index in [0.717, 1.165) is 5.56 Å². The molecule has 0 saturated carbocycles. The van der Waals surface area contributed by atoms with Crippen LogP contribution in [0.2, 0.25) is 0 Å². The number of aromatic nitrogens is 2. The minimum atomic E-state index is -3.96. The summed E-state index contributed by atoms with van der Waals surface area (Å²) >= 11 is 0. The quantitative estimate of drug-likeness (QED) is 0.236. The fraction of sp³-hybridized carbons (Fsp3) is 0.346. The lowest BCUT2D eigenvalue weighted by Crippen LogP contribution is -2.48. The Kier molecular flexibility index (Phi) is 8.96. The average Bonchev–Trinajstić information content (AvgIpc) is 3.38. The lowest BCUT2D eigenvalue weighted by molar-refractivity contribution is -0.151. The summed E-state index contributed by atoms with van der Waals surface area (Å²) in [5.74, 6) is -0.332. The Bertz CT molecular complexity index is 1380. The summed E-state index contributed by atoms with van der Waals surface area (Å²) in [6, 6.07) is 17.7. The van der Waals surface area contributed by atoms with Gasteiger partial charge in [0.2, 0.25) is 0 Å². The molecule has 13 heteroatoms. The normalized spacial score (nSPS) is 18.9. The average molecular weight is 561 g/mol. The standard InChI is InChI=1S/C26H30N3O9P/c1-18-14-29(25(32)27-23(18)30)21-16-34-22(37-21)17-36-39(33,38-20-12-8-5-9-13-20)28-26(2,3)24(31)35-15-19-10-6-4-7-11-19/h4-14,21-22,28,33H,15-17H2,1-3H3/p+1/t21-,22-,39?/m1/s1. The molecule has 1 aliphatic heterocycles. The molecular weight excluding hydrogens is 529 g/mol. The second-order valence-electron chi connectivity index (χ2n) is 9.35. The molecule has 3 N–H and O–H groups in total. The Morgan fingerprint density at radius 3 is 2.51 bits per heavy atom. The Labute approximate surface area is 225 Å². The maximum atomic E-state index is 12.9. The third-order valence-corrected chi connectivity index (χ3v) is 7.49. The first-order chi connectivity index (χ1) is 18.5. The van der Waals surface area contributed by atoms with E-state index in [1.807, 2.05) is 30.3 Å². The smallest absolute Gasteiger partial charge is 0.459 e. The maximum Gasteiger partial charge on any atom is 0.545 e. The van der Waals surface area contributed by atoms with Gasteiger partial charge < -0.3 is 14.2 Å². The molecule has 4 rings (SSSR count). The number of aryl methyl sites for hydroxylation is 1. The minimum absolute atomic E-state index is 0.000562. The lowest BCUT2D eigenvalue weighted by atomic mass is 10.1. The number of hydrogen-bond acceptors (Lipinski definition) is 10. The van der Waals surface area contributed by atoms with Crippen LogP contribution in [0.25, 0.3) is 0 Å². The predicted molar refractivity (Wildman–Crippen MR) is 142 cm³/mol. The molecule has 0 aliphatic carbocycles. The third kappa shape index (κ3) is 7.60. The van der Waals surface area contributed by atoms with Gasteiger partial charge in [0.15, 0.2) is 30.4 Å². The number of carbonyl (C=O) groups is 1. The van der Waals surface area contributed by atoms with Crippen LogP contribution in [0.1, 0.15) is 31.2 Å². The zero-order chi connectivity index (χ0) is 28.0. The van der Waals surface area contributed by atoms with Crippen LogP contribution in [0.3, 0.4) is 0 Å². The van der Waals surface area contributed by atoms with Crippen molar-refractivity contribution in [2.75, 3.05) is 13.2 Å². The highest BCUT2D eigenvalue weighted by atomic mass is 31.2. The van der Waals surface area contributed by atoms with Crippen LogP contribution >= 0.6 is 8.09 Å². The molecule has 2 heterocycles. The Hall–Kier alpha value is -3.38. The first kappa shape index (κ1) is 28.6. The van der Waals surface area contributed by atoms with Crippen molar-refractivity contribution >= 4 is 14.1 Å². The molecule has 0 radical (unpaired) electrons. The van der Waals surface area contributed by atoms with E-state index in [0.29, 0.717) is 11.3 Å². The van der Waals surface area contributed by atoms with Crippen LogP contribution < -0.4 is 20.9 Å². The van der Waals surface area contributed by atoms with Crippen molar-refractivity contribution in [2.45, 2.75) is 45.4 Å². The molecule has 1 aromatic heterocycles. The van der Waals surface area contributed by atoms with Crippen LogP contribution in [0.4, 0.5) is 0 Å². The monoisotopic (exact) mass is 560 g/mol. The summed E-state index contributed by atoms with van der Waals surface area (Å²) in [4.78, 5) is 50.4. The molecule has 0 bridgehead atoms. The number of nitrogens with zero attached hydrogens (tertiary/aromatic N) is 1. The van der Waals surface area contributed by atoms with Gasteiger partial charge in [-0.1, -0.05) is 53.6 Å². The van der Waals surface area contributed by atoms with E-state index in [4.69, 9.17) is 23.3 Å². The maximum absolute atomic E-state index is 12.9. The second-order valence-corrected chi connectivity index (χ2v) is 11.1. The molecule has 0 spiro atoms. The first-order valence-corrected chi connectivity index (χ1v) is 13.7. The summed E-state index contributed by atoms with van der Waals surface area (Å²) in [6.45, 7) is 4.39. The van der Waals surface area contributed by atoms with Crippen LogP contribution in [0.5, 0.6) is 5.75 Å². The molecule has 1 fully saturated rings. The molecule has 2 aromatic carbocycles. The highest BCUT2D eigenvalue weighted by molar-refractivity contribution is 7.59. The van der Waals surface area contributed by atoms with Crippen molar-refractivity contribution in [3.63, 3.8) is 0 Å². The highest BCUT2D eigenvalue weighted by Gasteiger charge is 2.52. The number of esters is 1. The second kappa shape index (κ2) is 12.2. The van der Waals surface area contributed by atoms with Gasteiger partial charge in [0.05, 0.1) is 6.61 Å². The number of aromatic amines is 1. The molecule has 3 aromatic rings.